The van der Waals surface area contributed by atoms with Crippen LogP contribution < -0.4 is 15.4 Å². The molecule has 7 heteroatoms. The highest BCUT2D eigenvalue weighted by Crippen LogP contribution is 2.26. The average molecular weight is 530 g/mol. The van der Waals surface area contributed by atoms with Crippen molar-refractivity contribution in [3.63, 3.8) is 0 Å². The fourth-order valence-electron chi connectivity index (χ4n) is 4.42. The molecule has 1 saturated heterocycles. The zero-order chi connectivity index (χ0) is 20.3. The Morgan fingerprint density at radius 3 is 2.57 bits per heavy atom. The molecule has 2 N–H and O–H groups in total. The van der Waals surface area contributed by atoms with E-state index in [4.69, 9.17) is 14.5 Å². The van der Waals surface area contributed by atoms with Crippen LogP contribution in [0.1, 0.15) is 51.0 Å². The van der Waals surface area contributed by atoms with Crippen LogP contribution in [-0.4, -0.2) is 62.8 Å². The molecule has 1 aromatic rings. The molecule has 1 heterocycles. The maximum absolute atomic E-state index is 5.80. The molecule has 2 aliphatic rings. The predicted octanol–water partition coefficient (Wildman–Crippen LogP) is 3.79. The van der Waals surface area contributed by atoms with E-state index < -0.39 is 0 Å². The molecule has 170 valence electrons. The Hall–Kier alpha value is -1.06. The van der Waals surface area contributed by atoms with Crippen molar-refractivity contribution >= 4 is 29.9 Å². The van der Waals surface area contributed by atoms with Crippen LogP contribution in [0.4, 0.5) is 0 Å². The third kappa shape index (κ3) is 7.89. The van der Waals surface area contributed by atoms with Gasteiger partial charge in [0.05, 0.1) is 26.9 Å². The topological polar surface area (TPSA) is 58.1 Å². The molecule has 2 fully saturated rings. The predicted molar refractivity (Wildman–Crippen MR) is 134 cm³/mol. The fraction of sp³-hybridized carbons (Fsp3) is 0.696. The molecule has 1 aliphatic carbocycles. The van der Waals surface area contributed by atoms with E-state index in [0.717, 1.165) is 29.9 Å². The van der Waals surface area contributed by atoms with Gasteiger partial charge in [0.2, 0.25) is 0 Å². The Morgan fingerprint density at radius 1 is 1.13 bits per heavy atom. The summed E-state index contributed by atoms with van der Waals surface area (Å²) in [7, 11) is 1.69. The summed E-state index contributed by atoms with van der Waals surface area (Å²) in [5, 5.41) is 7.00. The molecule has 0 spiro atoms. The minimum Gasteiger partial charge on any atom is -0.496 e. The first kappa shape index (κ1) is 25.2. The number of hydrogen-bond donors (Lipinski definition) is 2. The molecule has 0 amide bonds. The van der Waals surface area contributed by atoms with Crippen molar-refractivity contribution < 1.29 is 9.47 Å². The van der Waals surface area contributed by atoms with E-state index in [2.05, 4.69) is 22.5 Å². The van der Waals surface area contributed by atoms with Crippen LogP contribution in [0.25, 0.3) is 0 Å². The fourth-order valence-corrected chi connectivity index (χ4v) is 4.42. The second kappa shape index (κ2) is 14.1. The van der Waals surface area contributed by atoms with Crippen LogP contribution in [0.15, 0.2) is 29.3 Å². The van der Waals surface area contributed by atoms with Gasteiger partial charge < -0.3 is 25.0 Å². The molecular formula is C23H39IN4O2. The van der Waals surface area contributed by atoms with Crippen molar-refractivity contribution in [1.29, 1.82) is 0 Å². The zero-order valence-electron chi connectivity index (χ0n) is 18.6. The zero-order valence-corrected chi connectivity index (χ0v) is 20.9. The molecule has 1 aromatic carbocycles. The Labute approximate surface area is 199 Å². The minimum atomic E-state index is 0. The maximum atomic E-state index is 5.80. The van der Waals surface area contributed by atoms with Crippen molar-refractivity contribution in [1.82, 2.24) is 15.5 Å². The first-order valence-electron chi connectivity index (χ1n) is 11.3. The largest absolute Gasteiger partial charge is 0.496 e. The first-order chi connectivity index (χ1) is 14.3. The van der Waals surface area contributed by atoms with E-state index in [9.17, 15) is 0 Å². The maximum Gasteiger partial charge on any atom is 0.191 e. The van der Waals surface area contributed by atoms with Gasteiger partial charge in [0.1, 0.15) is 5.75 Å². The number of hydrogen-bond acceptors (Lipinski definition) is 4. The molecule has 3 rings (SSSR count). The third-order valence-electron chi connectivity index (χ3n) is 6.01. The number of rotatable bonds is 9. The Kier molecular flexibility index (Phi) is 11.8. The molecule has 0 unspecified atom stereocenters. The van der Waals surface area contributed by atoms with Crippen molar-refractivity contribution in [2.24, 2.45) is 4.99 Å². The summed E-state index contributed by atoms with van der Waals surface area (Å²) >= 11 is 0. The standard InChI is InChI=1S/C23H38N4O2.HI/c1-3-24-23(25-14-17-29-18-19-8-4-7-11-22(19)28-2)26-20-12-15-27(16-13-20)21-9-5-6-10-21;/h4,7-8,11,20-21H,3,5-6,9-10,12-18H2,1-2H3,(H2,24,25,26);1H. The van der Waals surface area contributed by atoms with E-state index in [0.29, 0.717) is 25.8 Å². The van der Waals surface area contributed by atoms with Gasteiger partial charge in [-0.25, -0.2) is 0 Å². The molecular weight excluding hydrogens is 491 g/mol. The van der Waals surface area contributed by atoms with Gasteiger partial charge in [-0.2, -0.15) is 0 Å². The Morgan fingerprint density at radius 2 is 1.87 bits per heavy atom. The van der Waals surface area contributed by atoms with Gasteiger partial charge in [-0.05, 0) is 38.7 Å². The summed E-state index contributed by atoms with van der Waals surface area (Å²) in [5.74, 6) is 1.78. The lowest BCUT2D eigenvalue weighted by atomic mass is 10.0. The van der Waals surface area contributed by atoms with E-state index in [1.54, 1.807) is 7.11 Å². The van der Waals surface area contributed by atoms with Crippen LogP contribution in [0.2, 0.25) is 0 Å². The highest BCUT2D eigenvalue weighted by molar-refractivity contribution is 14.0. The van der Waals surface area contributed by atoms with Gasteiger partial charge in [-0.1, -0.05) is 31.0 Å². The quantitative estimate of drug-likeness (QED) is 0.220. The Balaban J connectivity index is 0.00000320. The molecule has 1 aliphatic heterocycles. The van der Waals surface area contributed by atoms with E-state index in [1.165, 1.54) is 51.6 Å². The monoisotopic (exact) mass is 530 g/mol. The van der Waals surface area contributed by atoms with Crippen molar-refractivity contribution in [3.8, 4) is 5.75 Å². The lowest BCUT2D eigenvalue weighted by Gasteiger charge is -2.36. The van der Waals surface area contributed by atoms with Crippen molar-refractivity contribution in [2.75, 3.05) is 39.9 Å². The number of para-hydroxylation sites is 1. The number of nitrogens with zero attached hydrogens (tertiary/aromatic N) is 2. The average Bonchev–Trinajstić information content (AvgIpc) is 3.29. The number of benzene rings is 1. The number of methoxy groups -OCH3 is 1. The van der Waals surface area contributed by atoms with Gasteiger partial charge in [0.25, 0.3) is 0 Å². The van der Waals surface area contributed by atoms with Gasteiger partial charge in [0.15, 0.2) is 5.96 Å². The molecule has 0 bridgehead atoms. The Bertz CT molecular complexity index is 629. The SMILES string of the molecule is CCNC(=NCCOCc1ccccc1OC)NC1CCN(C2CCCC2)CC1.I. The number of nitrogens with one attached hydrogen (secondary N) is 2. The number of guanidine groups is 1. The minimum absolute atomic E-state index is 0. The lowest BCUT2D eigenvalue weighted by Crippen LogP contribution is -2.50. The molecule has 6 nitrogen and oxygen atoms in total. The number of ether oxygens (including phenoxy) is 2. The molecule has 0 aromatic heterocycles. The lowest BCUT2D eigenvalue weighted by molar-refractivity contribution is 0.126. The van der Waals surface area contributed by atoms with Gasteiger partial charge in [0, 0.05) is 37.3 Å². The summed E-state index contributed by atoms with van der Waals surface area (Å²) in [4.78, 5) is 7.41. The number of halogens is 1. The van der Waals surface area contributed by atoms with Crippen LogP contribution >= 0.6 is 24.0 Å². The molecule has 0 radical (unpaired) electrons. The van der Waals surface area contributed by atoms with E-state index in [1.807, 2.05) is 24.3 Å². The van der Waals surface area contributed by atoms with E-state index in [-0.39, 0.29) is 24.0 Å². The molecule has 1 saturated carbocycles. The van der Waals surface area contributed by atoms with Crippen molar-refractivity contribution in [3.05, 3.63) is 29.8 Å². The highest BCUT2D eigenvalue weighted by Gasteiger charge is 2.27. The number of aliphatic imine (C=N–C) groups is 1. The second-order valence-electron chi connectivity index (χ2n) is 8.02. The smallest absolute Gasteiger partial charge is 0.191 e. The first-order valence-corrected chi connectivity index (χ1v) is 11.3. The normalized spacial score (nSPS) is 18.8. The van der Waals surface area contributed by atoms with Crippen LogP contribution in [0.3, 0.4) is 0 Å². The van der Waals surface area contributed by atoms with Gasteiger partial charge in [-0.3, -0.25) is 4.99 Å². The molecule has 0 atom stereocenters. The van der Waals surface area contributed by atoms with Crippen LogP contribution in [-0.2, 0) is 11.3 Å². The van der Waals surface area contributed by atoms with Crippen LogP contribution in [0, 0.1) is 0 Å². The molecule has 30 heavy (non-hydrogen) atoms. The highest BCUT2D eigenvalue weighted by atomic mass is 127. The number of likely N-dealkylation sites (tertiary alicyclic amines) is 1. The summed E-state index contributed by atoms with van der Waals surface area (Å²) in [6.07, 6.45) is 8.03. The van der Waals surface area contributed by atoms with Gasteiger partial charge in [-0.15, -0.1) is 24.0 Å². The summed E-state index contributed by atoms with van der Waals surface area (Å²) in [6, 6.07) is 9.33. The summed E-state index contributed by atoms with van der Waals surface area (Å²) < 4.78 is 11.2. The summed E-state index contributed by atoms with van der Waals surface area (Å²) in [6.45, 7) is 7.18. The number of piperidine rings is 1. The van der Waals surface area contributed by atoms with Gasteiger partial charge >= 0.3 is 0 Å². The second-order valence-corrected chi connectivity index (χ2v) is 8.02. The van der Waals surface area contributed by atoms with E-state index >= 15 is 0 Å². The van der Waals surface area contributed by atoms with Crippen molar-refractivity contribution in [2.45, 2.75) is 64.1 Å². The summed E-state index contributed by atoms with van der Waals surface area (Å²) in [5.41, 5.74) is 1.07. The third-order valence-corrected chi connectivity index (χ3v) is 6.01. The van der Waals surface area contributed by atoms with Crippen LogP contribution in [0.5, 0.6) is 5.75 Å².